The standard InChI is InChI=1S/C13H18ClN3O3/c1-9(6-7-16(2)3)15-13(18)11-8-10(17(19)20)4-5-12(11)14/h4-5,8-9H,6-7H2,1-3H3,(H,15,18). The van der Waals surface area contributed by atoms with Crippen molar-refractivity contribution >= 4 is 23.2 Å². The van der Waals surface area contributed by atoms with Gasteiger partial charge in [-0.2, -0.15) is 0 Å². The van der Waals surface area contributed by atoms with Crippen molar-refractivity contribution < 1.29 is 9.72 Å². The van der Waals surface area contributed by atoms with Crippen LogP contribution in [0.2, 0.25) is 5.02 Å². The van der Waals surface area contributed by atoms with Gasteiger partial charge in [-0.15, -0.1) is 0 Å². The summed E-state index contributed by atoms with van der Waals surface area (Å²) in [7, 11) is 3.90. The lowest BCUT2D eigenvalue weighted by Crippen LogP contribution is -2.34. The van der Waals surface area contributed by atoms with Crippen LogP contribution in [0.1, 0.15) is 23.7 Å². The summed E-state index contributed by atoms with van der Waals surface area (Å²) < 4.78 is 0. The van der Waals surface area contributed by atoms with Gasteiger partial charge >= 0.3 is 0 Å². The van der Waals surface area contributed by atoms with Gasteiger partial charge in [-0.05, 0) is 40.1 Å². The molecule has 1 N–H and O–H groups in total. The summed E-state index contributed by atoms with van der Waals surface area (Å²) >= 11 is 5.92. The summed E-state index contributed by atoms with van der Waals surface area (Å²) in [5, 5.41) is 13.7. The van der Waals surface area contributed by atoms with Gasteiger partial charge in [0, 0.05) is 18.2 Å². The number of amides is 1. The Morgan fingerprint density at radius 2 is 2.15 bits per heavy atom. The molecular weight excluding hydrogens is 282 g/mol. The van der Waals surface area contributed by atoms with Crippen LogP contribution in [0.25, 0.3) is 0 Å². The average molecular weight is 300 g/mol. The van der Waals surface area contributed by atoms with Crippen molar-refractivity contribution in [2.75, 3.05) is 20.6 Å². The maximum Gasteiger partial charge on any atom is 0.270 e. The number of rotatable bonds is 6. The molecule has 1 aromatic carbocycles. The number of nitro benzene ring substituents is 1. The highest BCUT2D eigenvalue weighted by molar-refractivity contribution is 6.33. The Morgan fingerprint density at radius 1 is 1.50 bits per heavy atom. The largest absolute Gasteiger partial charge is 0.349 e. The number of carbonyl (C=O) groups excluding carboxylic acids is 1. The Morgan fingerprint density at radius 3 is 2.70 bits per heavy atom. The van der Waals surface area contributed by atoms with Gasteiger partial charge in [0.25, 0.3) is 11.6 Å². The van der Waals surface area contributed by atoms with Crippen molar-refractivity contribution in [1.82, 2.24) is 10.2 Å². The van der Waals surface area contributed by atoms with Crippen LogP contribution in [0.3, 0.4) is 0 Å². The third-order valence-electron chi connectivity index (χ3n) is 2.79. The Hall–Kier alpha value is -1.66. The molecule has 0 aliphatic heterocycles. The van der Waals surface area contributed by atoms with Crippen molar-refractivity contribution in [2.24, 2.45) is 0 Å². The van der Waals surface area contributed by atoms with Crippen LogP contribution in [-0.2, 0) is 0 Å². The minimum Gasteiger partial charge on any atom is -0.349 e. The van der Waals surface area contributed by atoms with Gasteiger partial charge in [-0.25, -0.2) is 0 Å². The second-order valence-corrected chi connectivity index (χ2v) is 5.29. The number of nitro groups is 1. The van der Waals surface area contributed by atoms with Crippen LogP contribution in [0.15, 0.2) is 18.2 Å². The first kappa shape index (κ1) is 16.4. The predicted octanol–water partition coefficient (Wildman–Crippen LogP) is 2.32. The molecule has 0 heterocycles. The third-order valence-corrected chi connectivity index (χ3v) is 3.12. The predicted molar refractivity (Wildman–Crippen MR) is 78.2 cm³/mol. The van der Waals surface area contributed by atoms with Crippen LogP contribution in [-0.4, -0.2) is 42.4 Å². The topological polar surface area (TPSA) is 75.5 Å². The lowest BCUT2D eigenvalue weighted by Gasteiger charge is -2.17. The van der Waals surface area contributed by atoms with Crippen molar-refractivity contribution in [3.8, 4) is 0 Å². The van der Waals surface area contributed by atoms with E-state index in [0.29, 0.717) is 0 Å². The number of halogens is 1. The highest BCUT2D eigenvalue weighted by atomic mass is 35.5. The van der Waals surface area contributed by atoms with Gasteiger partial charge in [0.15, 0.2) is 0 Å². The zero-order valence-corrected chi connectivity index (χ0v) is 12.5. The normalized spacial score (nSPS) is 12.2. The van der Waals surface area contributed by atoms with Crippen LogP contribution >= 0.6 is 11.6 Å². The second kappa shape index (κ2) is 7.21. The van der Waals surface area contributed by atoms with Crippen LogP contribution in [0.4, 0.5) is 5.69 Å². The third kappa shape index (κ3) is 4.79. The first-order valence-corrected chi connectivity index (χ1v) is 6.58. The summed E-state index contributed by atoms with van der Waals surface area (Å²) in [6, 6.07) is 3.78. The Kier molecular flexibility index (Phi) is 5.91. The molecule has 7 heteroatoms. The summed E-state index contributed by atoms with van der Waals surface area (Å²) in [5.74, 6) is -0.398. The van der Waals surface area contributed by atoms with E-state index < -0.39 is 10.8 Å². The molecule has 0 radical (unpaired) electrons. The van der Waals surface area contributed by atoms with Crippen molar-refractivity contribution in [2.45, 2.75) is 19.4 Å². The molecule has 0 aliphatic rings. The van der Waals surface area contributed by atoms with E-state index in [2.05, 4.69) is 5.32 Å². The smallest absolute Gasteiger partial charge is 0.270 e. The zero-order chi connectivity index (χ0) is 15.3. The monoisotopic (exact) mass is 299 g/mol. The number of nitrogens with zero attached hydrogens (tertiary/aromatic N) is 2. The number of non-ortho nitro benzene ring substituents is 1. The first-order valence-electron chi connectivity index (χ1n) is 6.20. The quantitative estimate of drug-likeness (QED) is 0.646. The van der Waals surface area contributed by atoms with E-state index in [0.717, 1.165) is 13.0 Å². The molecule has 1 amide bonds. The molecule has 6 nitrogen and oxygen atoms in total. The van der Waals surface area contributed by atoms with Crippen molar-refractivity contribution in [1.29, 1.82) is 0 Å². The van der Waals surface area contributed by atoms with Gasteiger partial charge in [0.2, 0.25) is 0 Å². The average Bonchev–Trinajstić information content (AvgIpc) is 2.36. The van der Waals surface area contributed by atoms with E-state index in [1.807, 2.05) is 25.9 Å². The lowest BCUT2D eigenvalue weighted by molar-refractivity contribution is -0.384. The number of benzene rings is 1. The summed E-state index contributed by atoms with van der Waals surface area (Å²) in [6.45, 7) is 2.72. The molecule has 0 saturated heterocycles. The maximum absolute atomic E-state index is 12.1. The number of nitrogens with one attached hydrogen (secondary N) is 1. The molecule has 110 valence electrons. The summed E-state index contributed by atoms with van der Waals surface area (Å²) in [6.07, 6.45) is 0.783. The molecule has 1 rings (SSSR count). The summed E-state index contributed by atoms with van der Waals surface area (Å²) in [4.78, 5) is 24.2. The molecule has 1 atom stereocenters. The van der Waals surface area contributed by atoms with Crippen LogP contribution in [0, 0.1) is 10.1 Å². The molecule has 0 saturated carbocycles. The Labute approximate surface area is 122 Å². The minimum atomic E-state index is -0.553. The molecule has 0 bridgehead atoms. The lowest BCUT2D eigenvalue weighted by atomic mass is 10.1. The van der Waals surface area contributed by atoms with Crippen molar-refractivity contribution in [3.63, 3.8) is 0 Å². The number of carbonyl (C=O) groups is 1. The van der Waals surface area contributed by atoms with Gasteiger partial charge in [0.05, 0.1) is 15.5 Å². The molecule has 20 heavy (non-hydrogen) atoms. The molecular formula is C13H18ClN3O3. The van der Waals surface area contributed by atoms with E-state index in [1.54, 1.807) is 0 Å². The first-order chi connectivity index (χ1) is 9.31. The molecule has 1 unspecified atom stereocenters. The van der Waals surface area contributed by atoms with Crippen molar-refractivity contribution in [3.05, 3.63) is 38.9 Å². The van der Waals surface area contributed by atoms with Gasteiger partial charge < -0.3 is 10.2 Å². The van der Waals surface area contributed by atoms with Crippen LogP contribution in [0.5, 0.6) is 0 Å². The van der Waals surface area contributed by atoms with E-state index in [-0.39, 0.29) is 22.3 Å². The van der Waals surface area contributed by atoms with Gasteiger partial charge in [-0.1, -0.05) is 11.6 Å². The fourth-order valence-corrected chi connectivity index (χ4v) is 1.83. The molecule has 0 spiro atoms. The minimum absolute atomic E-state index is 0.0415. The van der Waals surface area contributed by atoms with E-state index in [9.17, 15) is 14.9 Å². The Balaban J connectivity index is 2.76. The van der Waals surface area contributed by atoms with E-state index in [1.165, 1.54) is 18.2 Å². The SMILES string of the molecule is CC(CCN(C)C)NC(=O)c1cc([N+](=O)[O-])ccc1Cl. The van der Waals surface area contributed by atoms with E-state index in [4.69, 9.17) is 11.6 Å². The summed E-state index contributed by atoms with van der Waals surface area (Å²) in [5.41, 5.74) is -0.0296. The van der Waals surface area contributed by atoms with Gasteiger partial charge in [-0.3, -0.25) is 14.9 Å². The maximum atomic E-state index is 12.1. The molecule has 0 fully saturated rings. The highest BCUT2D eigenvalue weighted by Gasteiger charge is 2.17. The fraction of sp³-hybridized carbons (Fsp3) is 0.462. The number of hydrogen-bond acceptors (Lipinski definition) is 4. The molecule has 1 aromatic rings. The van der Waals surface area contributed by atoms with Gasteiger partial charge in [0.1, 0.15) is 0 Å². The highest BCUT2D eigenvalue weighted by Crippen LogP contribution is 2.22. The number of hydrogen-bond donors (Lipinski definition) is 1. The fourth-order valence-electron chi connectivity index (χ4n) is 1.63. The van der Waals surface area contributed by atoms with E-state index >= 15 is 0 Å². The molecule has 0 aromatic heterocycles. The molecule has 0 aliphatic carbocycles. The van der Waals surface area contributed by atoms with Crippen LogP contribution < -0.4 is 5.32 Å². The zero-order valence-electron chi connectivity index (χ0n) is 11.7. The second-order valence-electron chi connectivity index (χ2n) is 4.89. The Bertz CT molecular complexity index is 506.